The minimum atomic E-state index is -1.36. The lowest BCUT2D eigenvalue weighted by Gasteiger charge is -2.09. The van der Waals surface area contributed by atoms with Crippen LogP contribution in [-0.4, -0.2) is 50.7 Å². The zero-order chi connectivity index (χ0) is 22.6. The lowest BCUT2D eigenvalue weighted by Crippen LogP contribution is -2.23. The molecule has 1 aromatic heterocycles. The number of carbonyl (C=O) groups is 2. The molecule has 0 unspecified atom stereocenters. The van der Waals surface area contributed by atoms with Gasteiger partial charge < -0.3 is 20.2 Å². The smallest absolute Gasteiger partial charge is 0.339 e. The highest BCUT2D eigenvalue weighted by molar-refractivity contribution is 5.95. The maximum absolute atomic E-state index is 12.4. The fourth-order valence-electron chi connectivity index (χ4n) is 2.91. The Morgan fingerprint density at radius 1 is 0.967 bits per heavy atom. The van der Waals surface area contributed by atoms with E-state index >= 15 is 0 Å². The number of hydrogen-bond donors (Lipinski definition) is 3. The topological polar surface area (TPSA) is 125 Å². The maximum atomic E-state index is 12.4. The molecule has 0 aliphatic rings. The van der Waals surface area contributed by atoms with Crippen LogP contribution >= 0.6 is 0 Å². The number of rotatable bonds is 4. The van der Waals surface area contributed by atoms with Gasteiger partial charge in [0.2, 0.25) is 0 Å². The number of hydrogen-bond acceptors (Lipinski definition) is 5. The summed E-state index contributed by atoms with van der Waals surface area (Å²) in [5, 5.41) is 26.0. The lowest BCUT2D eigenvalue weighted by molar-refractivity contribution is 0.0693. The zero-order valence-corrected chi connectivity index (χ0v) is 17.0. The normalized spacial score (nSPS) is 10.1. The number of aromatic carboxylic acids is 2. The first kappa shape index (κ1) is 22.3. The highest BCUT2D eigenvalue weighted by atomic mass is 16.4. The number of aromatic hydroxyl groups is 1. The van der Waals surface area contributed by atoms with Crippen LogP contribution in [0.25, 0.3) is 5.69 Å². The Morgan fingerprint density at radius 2 is 1.57 bits per heavy atom. The van der Waals surface area contributed by atoms with Crippen LogP contribution in [0.15, 0.2) is 53.3 Å². The number of carboxylic acids is 2. The van der Waals surface area contributed by atoms with Gasteiger partial charge in [0.15, 0.2) is 0 Å². The number of aromatic nitrogens is 2. The first-order valence-electron chi connectivity index (χ1n) is 8.87. The summed E-state index contributed by atoms with van der Waals surface area (Å²) in [6.45, 7) is 1.95. The van der Waals surface area contributed by atoms with Crippen molar-refractivity contribution < 1.29 is 24.9 Å². The summed E-state index contributed by atoms with van der Waals surface area (Å²) in [7, 11) is 5.68. The van der Waals surface area contributed by atoms with Crippen molar-refractivity contribution in [2.24, 2.45) is 7.05 Å². The summed E-state index contributed by atoms with van der Waals surface area (Å²) in [4.78, 5) is 35.1. The summed E-state index contributed by atoms with van der Waals surface area (Å²) >= 11 is 0. The van der Waals surface area contributed by atoms with Crippen molar-refractivity contribution in [1.29, 1.82) is 0 Å². The highest BCUT2D eigenvalue weighted by Gasteiger charge is 2.17. The molecule has 158 valence electrons. The molecule has 1 heterocycles. The van der Waals surface area contributed by atoms with Gasteiger partial charge in [0.05, 0.1) is 16.9 Å². The Morgan fingerprint density at radius 3 is 2.03 bits per heavy atom. The molecule has 0 saturated heterocycles. The van der Waals surface area contributed by atoms with E-state index in [9.17, 15) is 14.4 Å². The SMILES string of the molecule is Cc1c(N(C)C)c(=O)n(-c2ccccc2)n1C.O=C(O)c1ccc(O)c(C(=O)O)c1. The molecule has 2 aromatic carbocycles. The molecule has 0 atom stereocenters. The fraction of sp³-hybridized carbons (Fsp3) is 0.190. The number of anilines is 1. The van der Waals surface area contributed by atoms with Crippen molar-refractivity contribution >= 4 is 17.6 Å². The van der Waals surface area contributed by atoms with E-state index in [1.807, 2.05) is 68.0 Å². The average Bonchev–Trinajstić information content (AvgIpc) is 2.91. The molecule has 0 radical (unpaired) electrons. The van der Waals surface area contributed by atoms with Crippen LogP contribution in [-0.2, 0) is 7.05 Å². The zero-order valence-electron chi connectivity index (χ0n) is 17.0. The summed E-state index contributed by atoms with van der Waals surface area (Å²) < 4.78 is 3.57. The van der Waals surface area contributed by atoms with Crippen molar-refractivity contribution in [3.05, 3.63) is 75.7 Å². The third-order valence-electron chi connectivity index (χ3n) is 4.44. The van der Waals surface area contributed by atoms with Crippen LogP contribution in [0.5, 0.6) is 5.75 Å². The molecule has 0 aliphatic carbocycles. The van der Waals surface area contributed by atoms with Gasteiger partial charge in [-0.1, -0.05) is 18.2 Å². The van der Waals surface area contributed by atoms with Gasteiger partial charge in [-0.3, -0.25) is 9.48 Å². The molecule has 9 heteroatoms. The molecule has 0 bridgehead atoms. The van der Waals surface area contributed by atoms with Crippen LogP contribution in [0.2, 0.25) is 0 Å². The molecular formula is C21H23N3O6. The quantitative estimate of drug-likeness (QED) is 0.599. The fourth-order valence-corrected chi connectivity index (χ4v) is 2.91. The molecule has 3 N–H and O–H groups in total. The second-order valence-corrected chi connectivity index (χ2v) is 6.65. The standard InChI is InChI=1S/C13H17N3O.C8H6O5/c1-10-12(14(2)3)13(17)16(15(10)4)11-8-6-5-7-9-11;9-6-2-1-4(7(10)11)3-5(6)8(12)13/h5-9H,1-4H3;1-3,9H,(H,10,11)(H,12,13). The van der Waals surface area contributed by atoms with Crippen LogP contribution < -0.4 is 10.5 Å². The van der Waals surface area contributed by atoms with Crippen LogP contribution in [0.1, 0.15) is 26.4 Å². The lowest BCUT2D eigenvalue weighted by atomic mass is 10.1. The predicted molar refractivity (Wildman–Crippen MR) is 112 cm³/mol. The van der Waals surface area contributed by atoms with E-state index < -0.39 is 23.3 Å². The molecule has 30 heavy (non-hydrogen) atoms. The molecule has 3 rings (SSSR count). The van der Waals surface area contributed by atoms with Crippen molar-refractivity contribution in [2.75, 3.05) is 19.0 Å². The molecule has 0 amide bonds. The van der Waals surface area contributed by atoms with Gasteiger partial charge in [-0.2, -0.15) is 0 Å². The third kappa shape index (κ3) is 4.52. The van der Waals surface area contributed by atoms with Crippen LogP contribution in [0, 0.1) is 6.92 Å². The van der Waals surface area contributed by atoms with E-state index in [1.54, 1.807) is 4.68 Å². The van der Waals surface area contributed by atoms with Crippen molar-refractivity contribution in [3.63, 3.8) is 0 Å². The van der Waals surface area contributed by atoms with E-state index in [1.165, 1.54) is 0 Å². The van der Waals surface area contributed by atoms with Gasteiger partial charge in [0.25, 0.3) is 5.56 Å². The highest BCUT2D eigenvalue weighted by Crippen LogP contribution is 2.18. The van der Waals surface area contributed by atoms with Crippen LogP contribution in [0.4, 0.5) is 5.69 Å². The minimum Gasteiger partial charge on any atom is -0.507 e. The summed E-state index contributed by atoms with van der Waals surface area (Å²) in [5.41, 5.74) is 2.01. The molecule has 0 saturated carbocycles. The Kier molecular flexibility index (Phi) is 6.68. The predicted octanol–water partition coefficient (Wildman–Crippen LogP) is 2.34. The van der Waals surface area contributed by atoms with Gasteiger partial charge in [0.1, 0.15) is 17.0 Å². The summed E-state index contributed by atoms with van der Waals surface area (Å²) in [6, 6.07) is 12.7. The Balaban J connectivity index is 0.000000222. The van der Waals surface area contributed by atoms with E-state index in [-0.39, 0.29) is 11.1 Å². The van der Waals surface area contributed by atoms with Gasteiger partial charge in [-0.15, -0.1) is 0 Å². The van der Waals surface area contributed by atoms with Gasteiger partial charge in [-0.25, -0.2) is 14.3 Å². The van der Waals surface area contributed by atoms with Crippen molar-refractivity contribution in [2.45, 2.75) is 6.92 Å². The average molecular weight is 413 g/mol. The minimum absolute atomic E-state index is 0.0150. The largest absolute Gasteiger partial charge is 0.507 e. The second-order valence-electron chi connectivity index (χ2n) is 6.65. The number of benzene rings is 2. The van der Waals surface area contributed by atoms with Crippen molar-refractivity contribution in [3.8, 4) is 11.4 Å². The maximum Gasteiger partial charge on any atom is 0.339 e. The van der Waals surface area contributed by atoms with E-state index in [0.717, 1.165) is 35.3 Å². The number of phenols is 1. The van der Waals surface area contributed by atoms with Crippen LogP contribution in [0.3, 0.4) is 0 Å². The monoisotopic (exact) mass is 413 g/mol. The van der Waals surface area contributed by atoms with E-state index in [0.29, 0.717) is 0 Å². The second kappa shape index (κ2) is 8.99. The molecule has 0 fully saturated rings. The molecule has 0 spiro atoms. The summed E-state index contributed by atoms with van der Waals surface area (Å²) in [6.07, 6.45) is 0. The molecule has 9 nitrogen and oxygen atoms in total. The number of para-hydroxylation sites is 1. The van der Waals surface area contributed by atoms with E-state index in [4.69, 9.17) is 15.3 Å². The Bertz CT molecular complexity index is 1130. The first-order chi connectivity index (χ1) is 14.1. The number of nitrogens with zero attached hydrogens (tertiary/aromatic N) is 3. The molecule has 0 aliphatic heterocycles. The van der Waals surface area contributed by atoms with Crippen molar-refractivity contribution in [1.82, 2.24) is 9.36 Å². The first-order valence-corrected chi connectivity index (χ1v) is 8.87. The van der Waals surface area contributed by atoms with Gasteiger partial charge >= 0.3 is 11.9 Å². The van der Waals surface area contributed by atoms with Gasteiger partial charge in [-0.05, 0) is 37.3 Å². The Labute approximate surface area is 172 Å². The van der Waals surface area contributed by atoms with Gasteiger partial charge in [0, 0.05) is 21.1 Å². The van der Waals surface area contributed by atoms with E-state index in [2.05, 4.69) is 0 Å². The molecule has 3 aromatic rings. The number of carboxylic acid groups (broad SMARTS) is 2. The Hall–Kier alpha value is -4.01. The summed E-state index contributed by atoms with van der Waals surface area (Å²) in [5.74, 6) is -3.04. The molecular weight excluding hydrogens is 390 g/mol. The third-order valence-corrected chi connectivity index (χ3v) is 4.44.